The molecule has 1 saturated carbocycles. The van der Waals surface area contributed by atoms with Crippen LogP contribution in [0, 0.1) is 0 Å². The summed E-state index contributed by atoms with van der Waals surface area (Å²) >= 11 is 0. The third kappa shape index (κ3) is 6.75. The lowest BCUT2D eigenvalue weighted by molar-refractivity contribution is 0.0368. The number of piperidine rings is 1. The summed E-state index contributed by atoms with van der Waals surface area (Å²) in [5, 5.41) is 16.1. The van der Waals surface area contributed by atoms with Gasteiger partial charge in [-0.2, -0.15) is 0 Å². The highest BCUT2D eigenvalue weighted by molar-refractivity contribution is 5.79. The molecule has 0 unspecified atom stereocenters. The largest absolute Gasteiger partial charge is 0.493 e. The Morgan fingerprint density at radius 2 is 1.81 bits per heavy atom. The van der Waals surface area contributed by atoms with Crippen molar-refractivity contribution in [2.75, 3.05) is 46.5 Å². The van der Waals surface area contributed by atoms with Gasteiger partial charge in [-0.15, -0.1) is 0 Å². The van der Waals surface area contributed by atoms with Crippen LogP contribution in [0.3, 0.4) is 0 Å². The molecule has 2 fully saturated rings. The number of ether oxygens (including phenoxy) is 2. The monoisotopic (exact) mass is 446 g/mol. The summed E-state index contributed by atoms with van der Waals surface area (Å²) in [6.45, 7) is 7.15. The van der Waals surface area contributed by atoms with E-state index in [1.165, 1.54) is 64.5 Å². The number of hydrogen-bond acceptors (Lipinski definition) is 5. The van der Waals surface area contributed by atoms with Crippen molar-refractivity contribution in [3.05, 3.63) is 23.8 Å². The van der Waals surface area contributed by atoms with Gasteiger partial charge in [0.1, 0.15) is 6.61 Å². The van der Waals surface area contributed by atoms with E-state index in [0.717, 1.165) is 24.6 Å². The standard InChI is InChI=1S/C25H42N4O3/c1-3-26-24(27-19-21-10-11-22(32-17-16-30)23(18-21)31-2)28-20-25(12-6-4-7-13-25)29-14-8-5-9-15-29/h10-11,18,30H,3-9,12-17,19-20H2,1-2H3,(H2,26,27,28). The second-order valence-corrected chi connectivity index (χ2v) is 8.94. The first-order valence-corrected chi connectivity index (χ1v) is 12.4. The SMILES string of the molecule is CCNC(=NCc1ccc(OCCO)c(OC)c1)NCC1(N2CCCCC2)CCCCC1. The molecule has 0 spiro atoms. The summed E-state index contributed by atoms with van der Waals surface area (Å²) < 4.78 is 11.0. The van der Waals surface area contributed by atoms with Gasteiger partial charge in [0.15, 0.2) is 17.5 Å². The van der Waals surface area contributed by atoms with Gasteiger partial charge in [-0.3, -0.25) is 4.90 Å². The maximum Gasteiger partial charge on any atom is 0.191 e. The third-order valence-electron chi connectivity index (χ3n) is 6.74. The molecule has 0 radical (unpaired) electrons. The number of benzene rings is 1. The van der Waals surface area contributed by atoms with Gasteiger partial charge < -0.3 is 25.2 Å². The Bertz CT molecular complexity index is 713. The number of rotatable bonds is 10. The van der Waals surface area contributed by atoms with E-state index in [-0.39, 0.29) is 18.8 Å². The molecule has 0 bridgehead atoms. The average Bonchev–Trinajstić information content (AvgIpc) is 2.85. The number of likely N-dealkylation sites (tertiary alicyclic amines) is 1. The fourth-order valence-corrected chi connectivity index (χ4v) is 5.03. The first kappa shape index (κ1) is 24.6. The topological polar surface area (TPSA) is 78.4 Å². The first-order chi connectivity index (χ1) is 15.7. The molecule has 3 rings (SSSR count). The lowest BCUT2D eigenvalue weighted by Gasteiger charge is -2.48. The Morgan fingerprint density at radius 3 is 2.50 bits per heavy atom. The van der Waals surface area contributed by atoms with Gasteiger partial charge in [0, 0.05) is 18.6 Å². The van der Waals surface area contributed by atoms with E-state index in [0.29, 0.717) is 18.0 Å². The van der Waals surface area contributed by atoms with Crippen LogP contribution in [0.15, 0.2) is 23.2 Å². The first-order valence-electron chi connectivity index (χ1n) is 12.4. The Labute approximate surface area is 193 Å². The molecule has 180 valence electrons. The molecular formula is C25H42N4O3. The lowest BCUT2D eigenvalue weighted by atomic mass is 9.79. The summed E-state index contributed by atoms with van der Waals surface area (Å²) in [6, 6.07) is 5.84. The summed E-state index contributed by atoms with van der Waals surface area (Å²) in [7, 11) is 1.63. The number of aliphatic imine (C=N–C) groups is 1. The molecular weight excluding hydrogens is 404 g/mol. The van der Waals surface area contributed by atoms with E-state index in [2.05, 4.69) is 22.5 Å². The highest BCUT2D eigenvalue weighted by Gasteiger charge is 2.38. The van der Waals surface area contributed by atoms with Gasteiger partial charge in [0.25, 0.3) is 0 Å². The van der Waals surface area contributed by atoms with Gasteiger partial charge >= 0.3 is 0 Å². The number of aliphatic hydroxyl groups is 1. The zero-order valence-corrected chi connectivity index (χ0v) is 20.0. The summed E-state index contributed by atoms with van der Waals surface area (Å²) in [5.74, 6) is 2.17. The second-order valence-electron chi connectivity index (χ2n) is 8.94. The van der Waals surface area contributed by atoms with Crippen LogP contribution >= 0.6 is 0 Å². The van der Waals surface area contributed by atoms with Crippen LogP contribution in [-0.2, 0) is 6.54 Å². The van der Waals surface area contributed by atoms with E-state index in [9.17, 15) is 0 Å². The quantitative estimate of drug-likeness (QED) is 0.378. The molecule has 1 aliphatic carbocycles. The van der Waals surface area contributed by atoms with Crippen molar-refractivity contribution in [3.63, 3.8) is 0 Å². The van der Waals surface area contributed by atoms with Crippen molar-refractivity contribution in [1.82, 2.24) is 15.5 Å². The molecule has 7 nitrogen and oxygen atoms in total. The van der Waals surface area contributed by atoms with Gasteiger partial charge in [-0.25, -0.2) is 4.99 Å². The van der Waals surface area contributed by atoms with Crippen molar-refractivity contribution in [2.24, 2.45) is 4.99 Å². The maximum atomic E-state index is 8.99. The second kappa shape index (κ2) is 12.9. The number of nitrogens with zero attached hydrogens (tertiary/aromatic N) is 2. The molecule has 0 atom stereocenters. The molecule has 1 saturated heterocycles. The van der Waals surface area contributed by atoms with Gasteiger partial charge in [0.05, 0.1) is 20.3 Å². The Hall–Kier alpha value is -1.99. The maximum absolute atomic E-state index is 8.99. The Kier molecular flexibility index (Phi) is 9.93. The van der Waals surface area contributed by atoms with Crippen molar-refractivity contribution >= 4 is 5.96 Å². The summed E-state index contributed by atoms with van der Waals surface area (Å²) in [4.78, 5) is 7.62. The van der Waals surface area contributed by atoms with Crippen LogP contribution in [0.25, 0.3) is 0 Å². The van der Waals surface area contributed by atoms with Crippen LogP contribution < -0.4 is 20.1 Å². The van der Waals surface area contributed by atoms with Gasteiger partial charge in [-0.05, 0) is 63.4 Å². The molecule has 1 aliphatic heterocycles. The summed E-state index contributed by atoms with van der Waals surface area (Å²) in [5.41, 5.74) is 1.32. The number of guanidine groups is 1. The fourth-order valence-electron chi connectivity index (χ4n) is 5.03. The minimum absolute atomic E-state index is 0.0220. The molecule has 2 aliphatic rings. The van der Waals surface area contributed by atoms with Crippen molar-refractivity contribution in [1.29, 1.82) is 0 Å². The predicted octanol–water partition coefficient (Wildman–Crippen LogP) is 3.31. The van der Waals surface area contributed by atoms with Crippen LogP contribution in [0.1, 0.15) is 63.9 Å². The number of aliphatic hydroxyl groups excluding tert-OH is 1. The van der Waals surface area contributed by atoms with Crippen LogP contribution in [0.4, 0.5) is 0 Å². The average molecular weight is 447 g/mol. The number of hydrogen-bond donors (Lipinski definition) is 3. The zero-order valence-electron chi connectivity index (χ0n) is 20.0. The zero-order chi connectivity index (χ0) is 22.7. The van der Waals surface area contributed by atoms with E-state index in [1.54, 1.807) is 7.11 Å². The minimum Gasteiger partial charge on any atom is -0.493 e. The van der Waals surface area contributed by atoms with Crippen molar-refractivity contribution in [3.8, 4) is 11.5 Å². The van der Waals surface area contributed by atoms with Crippen molar-refractivity contribution < 1.29 is 14.6 Å². The highest BCUT2D eigenvalue weighted by Crippen LogP contribution is 2.35. The lowest BCUT2D eigenvalue weighted by Crippen LogP contribution is -2.59. The van der Waals surface area contributed by atoms with Crippen LogP contribution in [0.5, 0.6) is 11.5 Å². The van der Waals surface area contributed by atoms with E-state index in [1.807, 2.05) is 18.2 Å². The van der Waals surface area contributed by atoms with Gasteiger partial charge in [-0.1, -0.05) is 31.7 Å². The summed E-state index contributed by atoms with van der Waals surface area (Å²) in [6.07, 6.45) is 10.6. The molecule has 1 aromatic carbocycles. The van der Waals surface area contributed by atoms with Crippen LogP contribution in [-0.4, -0.2) is 68.0 Å². The van der Waals surface area contributed by atoms with E-state index >= 15 is 0 Å². The molecule has 0 amide bonds. The third-order valence-corrected chi connectivity index (χ3v) is 6.74. The molecule has 3 N–H and O–H groups in total. The van der Waals surface area contributed by atoms with E-state index < -0.39 is 0 Å². The van der Waals surface area contributed by atoms with E-state index in [4.69, 9.17) is 19.6 Å². The molecule has 0 aromatic heterocycles. The van der Waals surface area contributed by atoms with Crippen LogP contribution in [0.2, 0.25) is 0 Å². The number of nitrogens with one attached hydrogen (secondary N) is 2. The number of methoxy groups -OCH3 is 1. The fraction of sp³-hybridized carbons (Fsp3) is 0.720. The Balaban J connectivity index is 1.66. The normalized spacial score (nSPS) is 19.4. The smallest absolute Gasteiger partial charge is 0.191 e. The molecule has 1 aromatic rings. The molecule has 7 heteroatoms. The molecule has 1 heterocycles. The van der Waals surface area contributed by atoms with Crippen molar-refractivity contribution in [2.45, 2.75) is 70.4 Å². The van der Waals surface area contributed by atoms with Gasteiger partial charge in [0.2, 0.25) is 0 Å². The molecule has 32 heavy (non-hydrogen) atoms. The minimum atomic E-state index is -0.0220. The predicted molar refractivity (Wildman–Crippen MR) is 130 cm³/mol. The highest BCUT2D eigenvalue weighted by atomic mass is 16.5. The Morgan fingerprint density at radius 1 is 1.06 bits per heavy atom.